The minimum Gasteiger partial charge on any atom is -0.478 e. The quantitative estimate of drug-likeness (QED) is 0.941. The summed E-state index contributed by atoms with van der Waals surface area (Å²) in [7, 11) is 0. The summed E-state index contributed by atoms with van der Waals surface area (Å²) in [5, 5.41) is 9.11. The Morgan fingerprint density at radius 3 is 2.33 bits per heavy atom. The molecule has 0 saturated heterocycles. The number of aromatic carboxylic acids is 1. The first-order valence-corrected chi connectivity index (χ1v) is 6.82. The van der Waals surface area contributed by atoms with E-state index in [9.17, 15) is 9.59 Å². The van der Waals surface area contributed by atoms with Crippen LogP contribution < -0.4 is 0 Å². The lowest BCUT2D eigenvalue weighted by atomic mass is 10.1. The fourth-order valence-corrected chi connectivity index (χ4v) is 2.61. The van der Waals surface area contributed by atoms with E-state index in [0.717, 1.165) is 11.1 Å². The van der Waals surface area contributed by atoms with Gasteiger partial charge in [-0.3, -0.25) is 4.79 Å². The Kier molecular flexibility index (Phi) is 3.25. The highest BCUT2D eigenvalue weighted by Gasteiger charge is 2.28. The highest BCUT2D eigenvalue weighted by atomic mass is 16.4. The molecule has 0 aliphatic carbocycles. The van der Waals surface area contributed by atoms with E-state index < -0.39 is 5.97 Å². The Morgan fingerprint density at radius 1 is 1.24 bits per heavy atom. The molecule has 1 aromatic heterocycles. The maximum atomic E-state index is 12.5. The van der Waals surface area contributed by atoms with Crippen molar-refractivity contribution in [3.05, 3.63) is 58.5 Å². The molecule has 2 aromatic rings. The first-order valence-electron chi connectivity index (χ1n) is 6.82. The summed E-state index contributed by atoms with van der Waals surface area (Å²) in [6.45, 7) is 2.85. The number of carbonyl (C=O) groups excluding carboxylic acids is 1. The molecule has 0 bridgehead atoms. The van der Waals surface area contributed by atoms with Crippen LogP contribution in [0.25, 0.3) is 0 Å². The second-order valence-corrected chi connectivity index (χ2v) is 5.04. The van der Waals surface area contributed by atoms with Crippen molar-refractivity contribution in [2.45, 2.75) is 26.4 Å². The van der Waals surface area contributed by atoms with E-state index >= 15 is 0 Å². The third-order valence-electron chi connectivity index (χ3n) is 3.70. The van der Waals surface area contributed by atoms with Crippen LogP contribution in [0, 0.1) is 0 Å². The lowest BCUT2D eigenvalue weighted by molar-refractivity contribution is 0.0690. The van der Waals surface area contributed by atoms with Crippen molar-refractivity contribution in [1.29, 1.82) is 0 Å². The van der Waals surface area contributed by atoms with Crippen LogP contribution in [0.2, 0.25) is 0 Å². The predicted octanol–water partition coefficient (Wildman–Crippen LogP) is 2.70. The number of rotatable bonds is 3. The van der Waals surface area contributed by atoms with Gasteiger partial charge in [0.25, 0.3) is 5.91 Å². The van der Waals surface area contributed by atoms with Gasteiger partial charge in [-0.2, -0.15) is 0 Å². The molecule has 1 aromatic carbocycles. The zero-order valence-corrected chi connectivity index (χ0v) is 11.6. The molecule has 1 N–H and O–H groups in total. The van der Waals surface area contributed by atoms with E-state index in [1.54, 1.807) is 11.8 Å². The van der Waals surface area contributed by atoms with Gasteiger partial charge in [-0.1, -0.05) is 31.2 Å². The van der Waals surface area contributed by atoms with Crippen LogP contribution in [0.5, 0.6) is 0 Å². The fraction of sp³-hybridized carbons (Fsp3) is 0.250. The van der Waals surface area contributed by atoms with E-state index in [1.807, 2.05) is 24.3 Å². The molecule has 0 radical (unpaired) electrons. The molecule has 3 rings (SSSR count). The average Bonchev–Trinajstić information content (AvgIpc) is 3.10. The minimum atomic E-state index is -1.07. The molecule has 0 spiro atoms. The van der Waals surface area contributed by atoms with Gasteiger partial charge < -0.3 is 14.4 Å². The van der Waals surface area contributed by atoms with Crippen LogP contribution in [-0.4, -0.2) is 21.9 Å². The summed E-state index contributed by atoms with van der Waals surface area (Å²) in [5.74, 6) is -0.910. The number of fused-ring (bicyclic) bond motifs is 1. The minimum absolute atomic E-state index is 0.0672. The molecule has 1 aliphatic heterocycles. The third-order valence-corrected chi connectivity index (χ3v) is 3.70. The number of furan rings is 1. The van der Waals surface area contributed by atoms with Gasteiger partial charge in [-0.15, -0.1) is 0 Å². The molecule has 0 fully saturated rings. The largest absolute Gasteiger partial charge is 0.478 e. The lowest BCUT2D eigenvalue weighted by Crippen LogP contribution is -2.24. The smallest absolute Gasteiger partial charge is 0.339 e. The zero-order chi connectivity index (χ0) is 15.0. The number of carbonyl (C=O) groups is 2. The molecule has 21 heavy (non-hydrogen) atoms. The molecule has 5 nitrogen and oxygen atoms in total. The molecule has 1 aliphatic rings. The Morgan fingerprint density at radius 2 is 1.86 bits per heavy atom. The second-order valence-electron chi connectivity index (χ2n) is 5.04. The van der Waals surface area contributed by atoms with Crippen LogP contribution >= 0.6 is 0 Å². The van der Waals surface area contributed by atoms with Crippen LogP contribution in [0.1, 0.15) is 44.7 Å². The van der Waals surface area contributed by atoms with Gasteiger partial charge in [0.1, 0.15) is 11.3 Å². The van der Waals surface area contributed by atoms with Gasteiger partial charge >= 0.3 is 5.97 Å². The van der Waals surface area contributed by atoms with Crippen LogP contribution in [0.4, 0.5) is 0 Å². The fourth-order valence-electron chi connectivity index (χ4n) is 2.61. The van der Waals surface area contributed by atoms with Crippen LogP contribution in [-0.2, 0) is 19.5 Å². The van der Waals surface area contributed by atoms with Crippen molar-refractivity contribution in [3.63, 3.8) is 0 Å². The number of benzene rings is 1. The summed E-state index contributed by atoms with van der Waals surface area (Å²) in [4.78, 5) is 25.3. The van der Waals surface area contributed by atoms with Gasteiger partial charge in [0.15, 0.2) is 5.76 Å². The van der Waals surface area contributed by atoms with Gasteiger partial charge in [-0.25, -0.2) is 4.79 Å². The number of hydrogen-bond donors (Lipinski definition) is 1. The Hall–Kier alpha value is -2.56. The Balaban J connectivity index is 1.86. The average molecular weight is 285 g/mol. The predicted molar refractivity (Wildman–Crippen MR) is 75.1 cm³/mol. The number of aryl methyl sites for hydroxylation is 1. The van der Waals surface area contributed by atoms with E-state index in [-0.39, 0.29) is 17.2 Å². The van der Waals surface area contributed by atoms with Crippen molar-refractivity contribution in [3.8, 4) is 0 Å². The second kappa shape index (κ2) is 5.09. The first kappa shape index (κ1) is 13.4. The highest BCUT2D eigenvalue weighted by Crippen LogP contribution is 2.25. The maximum Gasteiger partial charge on any atom is 0.339 e. The van der Waals surface area contributed by atoms with Crippen molar-refractivity contribution in [1.82, 2.24) is 4.90 Å². The summed E-state index contributed by atoms with van der Waals surface area (Å²) in [6, 6.07) is 9.19. The number of amides is 1. The molecule has 1 amide bonds. The van der Waals surface area contributed by atoms with Crippen LogP contribution in [0.3, 0.4) is 0 Å². The van der Waals surface area contributed by atoms with Crippen molar-refractivity contribution >= 4 is 11.9 Å². The molecule has 108 valence electrons. The molecular formula is C16H15NO4. The monoisotopic (exact) mass is 285 g/mol. The lowest BCUT2D eigenvalue weighted by Gasteiger charge is -2.13. The number of hydrogen-bond acceptors (Lipinski definition) is 3. The number of nitrogens with zero attached hydrogens (tertiary/aromatic N) is 1. The standard InChI is InChI=1S/C16H15NO4/c1-2-13-12(16(19)20)7-14(21-13)15(18)17-8-10-5-3-4-6-11(10)9-17/h3-7H,2,8-9H2,1H3,(H,19,20). The number of carboxylic acids is 1. The van der Waals surface area contributed by atoms with Crippen molar-refractivity contribution < 1.29 is 19.1 Å². The Bertz CT molecular complexity index is 692. The topological polar surface area (TPSA) is 70.8 Å². The summed E-state index contributed by atoms with van der Waals surface area (Å²) in [5.41, 5.74) is 2.30. The van der Waals surface area contributed by atoms with Gasteiger partial charge in [0.2, 0.25) is 0 Å². The van der Waals surface area contributed by atoms with Gasteiger partial charge in [0.05, 0.1) is 0 Å². The summed E-state index contributed by atoms with van der Waals surface area (Å²) in [6.07, 6.45) is 0.440. The van der Waals surface area contributed by atoms with E-state index in [2.05, 4.69) is 0 Å². The molecule has 0 atom stereocenters. The van der Waals surface area contributed by atoms with Gasteiger partial charge in [0, 0.05) is 25.6 Å². The van der Waals surface area contributed by atoms with Gasteiger partial charge in [-0.05, 0) is 11.1 Å². The molecular weight excluding hydrogens is 270 g/mol. The highest BCUT2D eigenvalue weighted by molar-refractivity contribution is 5.96. The molecule has 2 heterocycles. The number of carboxylic acid groups (broad SMARTS) is 1. The first-order chi connectivity index (χ1) is 10.1. The maximum absolute atomic E-state index is 12.5. The third kappa shape index (κ3) is 2.31. The molecule has 0 unspecified atom stereocenters. The van der Waals surface area contributed by atoms with E-state index in [1.165, 1.54) is 6.07 Å². The molecule has 5 heteroatoms. The normalized spacial score (nSPS) is 13.3. The van der Waals surface area contributed by atoms with Crippen molar-refractivity contribution in [2.24, 2.45) is 0 Å². The van der Waals surface area contributed by atoms with E-state index in [0.29, 0.717) is 25.3 Å². The van der Waals surface area contributed by atoms with E-state index in [4.69, 9.17) is 9.52 Å². The summed E-state index contributed by atoms with van der Waals surface area (Å²) >= 11 is 0. The SMILES string of the molecule is CCc1oc(C(=O)N2Cc3ccccc3C2)cc1C(=O)O. The van der Waals surface area contributed by atoms with Crippen molar-refractivity contribution in [2.75, 3.05) is 0 Å². The zero-order valence-electron chi connectivity index (χ0n) is 11.6. The molecule has 0 saturated carbocycles. The van der Waals surface area contributed by atoms with Crippen LogP contribution in [0.15, 0.2) is 34.7 Å². The Labute approximate surface area is 121 Å². The summed E-state index contributed by atoms with van der Waals surface area (Å²) < 4.78 is 5.43.